The Morgan fingerprint density at radius 1 is 1.25 bits per heavy atom. The smallest absolute Gasteiger partial charge is 0.366 e. The molecule has 0 aromatic heterocycles. The van der Waals surface area contributed by atoms with Crippen LogP contribution in [0.4, 0.5) is 13.2 Å². The number of hydrogen-bond acceptors (Lipinski definition) is 3. The molecule has 8 heteroatoms. The van der Waals surface area contributed by atoms with E-state index in [4.69, 9.17) is 5.73 Å². The van der Waals surface area contributed by atoms with Gasteiger partial charge in [-0.25, -0.2) is 5.48 Å². The van der Waals surface area contributed by atoms with Gasteiger partial charge >= 0.3 is 6.18 Å². The molecule has 3 N–H and O–H groups in total. The van der Waals surface area contributed by atoms with Gasteiger partial charge in [-0.05, 0) is 23.8 Å². The molecule has 2 amide bonds. The van der Waals surface area contributed by atoms with E-state index in [0.717, 1.165) is 6.08 Å². The summed E-state index contributed by atoms with van der Waals surface area (Å²) in [6, 6.07) is 5.97. The molecule has 0 aliphatic carbocycles. The Bertz CT molecular complexity index is 510. The molecule has 0 spiro atoms. The lowest BCUT2D eigenvalue weighted by atomic mass is 10.1. The number of rotatable bonds is 5. The molecular weight excluding hydrogens is 277 g/mol. The summed E-state index contributed by atoms with van der Waals surface area (Å²) in [6.07, 6.45) is -2.17. The van der Waals surface area contributed by atoms with Crippen molar-refractivity contribution in [3.05, 3.63) is 41.5 Å². The van der Waals surface area contributed by atoms with Crippen LogP contribution in [0, 0.1) is 0 Å². The Kier molecular flexibility index (Phi) is 5.27. The molecule has 5 nitrogen and oxygen atoms in total. The van der Waals surface area contributed by atoms with Gasteiger partial charge < -0.3 is 5.73 Å². The van der Waals surface area contributed by atoms with E-state index in [-0.39, 0.29) is 0 Å². The molecule has 0 atom stereocenters. The second-order valence-electron chi connectivity index (χ2n) is 3.69. The second-order valence-corrected chi connectivity index (χ2v) is 3.69. The third kappa shape index (κ3) is 6.01. The van der Waals surface area contributed by atoms with E-state index < -0.39 is 24.6 Å². The van der Waals surface area contributed by atoms with E-state index >= 15 is 0 Å². The molecule has 0 aliphatic heterocycles. The molecule has 1 aromatic carbocycles. The molecule has 0 fully saturated rings. The van der Waals surface area contributed by atoms with E-state index in [2.05, 4.69) is 4.84 Å². The van der Waals surface area contributed by atoms with Gasteiger partial charge in [0.05, 0.1) is 0 Å². The normalized spacial score (nSPS) is 11.6. The van der Waals surface area contributed by atoms with Crippen molar-refractivity contribution in [2.24, 2.45) is 5.73 Å². The molecule has 0 aliphatic rings. The Morgan fingerprint density at radius 2 is 1.85 bits per heavy atom. The fraction of sp³-hybridized carbons (Fsp3) is 0.167. The van der Waals surface area contributed by atoms with Gasteiger partial charge in [0, 0.05) is 11.6 Å². The first kappa shape index (κ1) is 15.7. The number of benzene rings is 1. The highest BCUT2D eigenvalue weighted by Crippen LogP contribution is 2.13. The van der Waals surface area contributed by atoms with E-state index in [1.807, 2.05) is 0 Å². The summed E-state index contributed by atoms with van der Waals surface area (Å²) in [5.74, 6) is -1.42. The van der Waals surface area contributed by atoms with E-state index in [1.54, 1.807) is 5.48 Å². The van der Waals surface area contributed by atoms with Crippen molar-refractivity contribution in [3.8, 4) is 0 Å². The first-order valence-corrected chi connectivity index (χ1v) is 5.34. The third-order valence-electron chi connectivity index (χ3n) is 2.03. The van der Waals surface area contributed by atoms with Crippen LogP contribution in [0.15, 0.2) is 30.3 Å². The van der Waals surface area contributed by atoms with Crippen LogP contribution >= 0.6 is 0 Å². The van der Waals surface area contributed by atoms with Gasteiger partial charge in [0.1, 0.15) is 0 Å². The number of halogens is 3. The Labute approximate surface area is 112 Å². The Hall–Kier alpha value is -2.35. The van der Waals surface area contributed by atoms with Gasteiger partial charge in [0.15, 0.2) is 6.61 Å². The van der Waals surface area contributed by atoms with Crippen molar-refractivity contribution >= 4 is 17.9 Å². The van der Waals surface area contributed by atoms with Gasteiger partial charge in [0.25, 0.3) is 5.91 Å². The third-order valence-corrected chi connectivity index (χ3v) is 2.03. The maximum atomic E-state index is 11.7. The molecule has 0 heterocycles. The SMILES string of the molecule is NC(=O)c1ccc(/C=C/C(=O)NOCC(F)(F)F)cc1. The minimum Gasteiger partial charge on any atom is -0.366 e. The molecule has 0 bridgehead atoms. The summed E-state index contributed by atoms with van der Waals surface area (Å²) in [6.45, 7) is -1.57. The molecule has 1 rings (SSSR count). The van der Waals surface area contributed by atoms with Crippen LogP contribution in [-0.2, 0) is 9.63 Å². The maximum Gasteiger partial charge on any atom is 0.414 e. The average molecular weight is 288 g/mol. The average Bonchev–Trinajstić information content (AvgIpc) is 2.35. The highest BCUT2D eigenvalue weighted by molar-refractivity contribution is 5.93. The summed E-state index contributed by atoms with van der Waals surface area (Å²) in [7, 11) is 0. The second kappa shape index (κ2) is 6.71. The van der Waals surface area contributed by atoms with Crippen molar-refractivity contribution in [3.63, 3.8) is 0 Å². The Balaban J connectivity index is 2.47. The number of hydroxylamine groups is 1. The van der Waals surface area contributed by atoms with Crippen LogP contribution in [0.1, 0.15) is 15.9 Å². The molecule has 0 saturated carbocycles. The highest BCUT2D eigenvalue weighted by atomic mass is 19.4. The summed E-state index contributed by atoms with van der Waals surface area (Å²) in [4.78, 5) is 25.9. The number of nitrogens with one attached hydrogen (secondary N) is 1. The predicted octanol–water partition coefficient (Wildman–Crippen LogP) is 1.41. The van der Waals surface area contributed by atoms with Gasteiger partial charge in [-0.3, -0.25) is 14.4 Å². The predicted molar refractivity (Wildman–Crippen MR) is 64.1 cm³/mol. The lowest BCUT2D eigenvalue weighted by Gasteiger charge is -2.06. The van der Waals surface area contributed by atoms with Crippen molar-refractivity contribution in [2.45, 2.75) is 6.18 Å². The summed E-state index contributed by atoms with van der Waals surface area (Å²) >= 11 is 0. The number of nitrogens with two attached hydrogens (primary N) is 1. The van der Waals surface area contributed by atoms with E-state index in [1.165, 1.54) is 30.3 Å². The number of hydrogen-bond donors (Lipinski definition) is 2. The minimum absolute atomic E-state index is 0.306. The molecular formula is C12H11F3N2O3. The number of carbonyl (C=O) groups excluding carboxylic acids is 2. The van der Waals surface area contributed by atoms with Crippen LogP contribution in [0.3, 0.4) is 0 Å². The summed E-state index contributed by atoms with van der Waals surface area (Å²) in [5, 5.41) is 0. The first-order valence-electron chi connectivity index (χ1n) is 5.34. The standard InChI is InChI=1S/C12H11F3N2O3/c13-12(14,15)7-20-17-10(18)6-3-8-1-4-9(5-2-8)11(16)19/h1-6H,7H2,(H2,16,19)(H,17,18)/b6-3+. The van der Waals surface area contributed by atoms with Gasteiger partial charge in [-0.15, -0.1) is 0 Å². The number of amides is 2. The van der Waals surface area contributed by atoms with E-state index in [9.17, 15) is 22.8 Å². The highest BCUT2D eigenvalue weighted by Gasteiger charge is 2.28. The number of carbonyl (C=O) groups is 2. The van der Waals surface area contributed by atoms with Crippen LogP contribution < -0.4 is 11.2 Å². The van der Waals surface area contributed by atoms with Crippen molar-refractivity contribution in [2.75, 3.05) is 6.61 Å². The summed E-state index contributed by atoms with van der Waals surface area (Å²) in [5.41, 5.74) is 7.54. The lowest BCUT2D eigenvalue weighted by molar-refractivity contribution is -0.190. The zero-order valence-electron chi connectivity index (χ0n) is 10.1. The molecule has 0 unspecified atom stereocenters. The van der Waals surface area contributed by atoms with Crippen molar-refractivity contribution in [1.82, 2.24) is 5.48 Å². The van der Waals surface area contributed by atoms with Crippen molar-refractivity contribution in [1.29, 1.82) is 0 Å². The fourth-order valence-corrected chi connectivity index (χ4v) is 1.15. The van der Waals surface area contributed by atoms with Crippen LogP contribution in [0.5, 0.6) is 0 Å². The van der Waals surface area contributed by atoms with Crippen LogP contribution in [0.2, 0.25) is 0 Å². The summed E-state index contributed by atoms with van der Waals surface area (Å²) < 4.78 is 35.2. The fourth-order valence-electron chi connectivity index (χ4n) is 1.15. The van der Waals surface area contributed by atoms with Crippen LogP contribution in [0.25, 0.3) is 6.08 Å². The minimum atomic E-state index is -4.51. The Morgan fingerprint density at radius 3 is 2.35 bits per heavy atom. The molecule has 0 radical (unpaired) electrons. The number of alkyl halides is 3. The quantitative estimate of drug-likeness (QED) is 0.635. The molecule has 0 saturated heterocycles. The number of primary amides is 1. The monoisotopic (exact) mass is 288 g/mol. The van der Waals surface area contributed by atoms with Crippen molar-refractivity contribution < 1.29 is 27.6 Å². The molecule has 1 aromatic rings. The molecule has 108 valence electrons. The van der Waals surface area contributed by atoms with Gasteiger partial charge in [0.2, 0.25) is 5.91 Å². The lowest BCUT2D eigenvalue weighted by Crippen LogP contribution is -2.28. The van der Waals surface area contributed by atoms with Gasteiger partial charge in [-0.1, -0.05) is 12.1 Å². The van der Waals surface area contributed by atoms with Gasteiger partial charge in [-0.2, -0.15) is 13.2 Å². The zero-order chi connectivity index (χ0) is 15.2. The first-order chi connectivity index (χ1) is 9.28. The van der Waals surface area contributed by atoms with Crippen LogP contribution in [-0.4, -0.2) is 24.6 Å². The topological polar surface area (TPSA) is 81.4 Å². The maximum absolute atomic E-state index is 11.7. The zero-order valence-corrected chi connectivity index (χ0v) is 10.1. The van der Waals surface area contributed by atoms with E-state index in [0.29, 0.717) is 11.1 Å². The molecule has 20 heavy (non-hydrogen) atoms. The largest absolute Gasteiger partial charge is 0.414 e.